The highest BCUT2D eigenvalue weighted by Crippen LogP contribution is 2.10. The second-order valence-corrected chi connectivity index (χ2v) is 5.30. The van der Waals surface area contributed by atoms with E-state index in [1.165, 1.54) is 57.8 Å². The molecule has 0 unspecified atom stereocenters. The van der Waals surface area contributed by atoms with Crippen LogP contribution in [-0.2, 0) is 4.74 Å². The molecule has 0 spiro atoms. The Hall–Kier alpha value is -0.120. The summed E-state index contributed by atoms with van der Waals surface area (Å²) in [6.45, 7) is 2.31. The van der Waals surface area contributed by atoms with Crippen LogP contribution in [0.15, 0.2) is 0 Å². The summed E-state index contributed by atoms with van der Waals surface area (Å²) in [6, 6.07) is 0. The van der Waals surface area contributed by atoms with Crippen molar-refractivity contribution in [3.8, 4) is 0 Å². The van der Waals surface area contributed by atoms with E-state index in [2.05, 4.69) is 0 Å². The Balaban J connectivity index is 2.88. The maximum atomic E-state index is 8.65. The number of unbranched alkanes of at least 4 members (excludes halogenated alkanes) is 10. The zero-order valence-corrected chi connectivity index (χ0v) is 12.6. The van der Waals surface area contributed by atoms with Crippen LogP contribution in [0.1, 0.15) is 77.0 Å². The number of ether oxygens (including phenoxy) is 1. The molecule has 3 heteroatoms. The van der Waals surface area contributed by atoms with Crippen LogP contribution in [0, 0.1) is 0 Å². The molecule has 0 aromatic heterocycles. The molecule has 0 rings (SSSR count). The maximum Gasteiger partial charge on any atom is 0.0466 e. The van der Waals surface area contributed by atoms with Gasteiger partial charge in [-0.25, -0.2) is 0 Å². The lowest BCUT2D eigenvalue weighted by Gasteiger charge is -2.04. The molecular formula is C16H34O3. The molecule has 0 saturated heterocycles. The third-order valence-electron chi connectivity index (χ3n) is 3.39. The van der Waals surface area contributed by atoms with Crippen molar-refractivity contribution in [3.05, 3.63) is 0 Å². The molecule has 0 bridgehead atoms. The highest BCUT2D eigenvalue weighted by Gasteiger charge is 1.94. The van der Waals surface area contributed by atoms with E-state index in [0.717, 1.165) is 32.5 Å². The first-order chi connectivity index (χ1) is 9.41. The molecule has 0 aliphatic heterocycles. The van der Waals surface area contributed by atoms with E-state index in [4.69, 9.17) is 14.9 Å². The van der Waals surface area contributed by atoms with Gasteiger partial charge in [-0.15, -0.1) is 0 Å². The van der Waals surface area contributed by atoms with Crippen molar-refractivity contribution in [3.63, 3.8) is 0 Å². The third-order valence-corrected chi connectivity index (χ3v) is 3.39. The molecule has 0 amide bonds. The van der Waals surface area contributed by atoms with E-state index in [1.807, 2.05) is 0 Å². The maximum absolute atomic E-state index is 8.65. The Bertz CT molecular complexity index is 135. The SMILES string of the molecule is OCCCCCCCCCCCCOCCCCO. The molecule has 0 aromatic carbocycles. The Morgan fingerprint density at radius 2 is 0.737 bits per heavy atom. The number of aliphatic hydroxyl groups excluding tert-OH is 2. The van der Waals surface area contributed by atoms with Crippen LogP contribution < -0.4 is 0 Å². The first kappa shape index (κ1) is 18.9. The van der Waals surface area contributed by atoms with Crippen LogP contribution in [0.5, 0.6) is 0 Å². The molecule has 0 saturated carbocycles. The van der Waals surface area contributed by atoms with Gasteiger partial charge in [-0.3, -0.25) is 0 Å². The van der Waals surface area contributed by atoms with Crippen molar-refractivity contribution in [2.75, 3.05) is 26.4 Å². The number of rotatable bonds is 16. The van der Waals surface area contributed by atoms with Gasteiger partial charge < -0.3 is 14.9 Å². The fourth-order valence-electron chi connectivity index (χ4n) is 2.15. The van der Waals surface area contributed by atoms with Gasteiger partial charge in [-0.05, 0) is 25.7 Å². The fraction of sp³-hybridized carbons (Fsp3) is 1.00. The number of hydrogen-bond donors (Lipinski definition) is 2. The number of aliphatic hydroxyl groups is 2. The predicted octanol–water partition coefficient (Wildman–Crippen LogP) is 3.67. The summed E-state index contributed by atoms with van der Waals surface area (Å²) >= 11 is 0. The minimum absolute atomic E-state index is 0.281. The molecule has 116 valence electrons. The Labute approximate surface area is 119 Å². The van der Waals surface area contributed by atoms with E-state index in [-0.39, 0.29) is 6.61 Å². The van der Waals surface area contributed by atoms with Gasteiger partial charge >= 0.3 is 0 Å². The topological polar surface area (TPSA) is 49.7 Å². The summed E-state index contributed by atoms with van der Waals surface area (Å²) in [6.07, 6.45) is 14.4. The molecule has 0 aliphatic carbocycles. The van der Waals surface area contributed by atoms with Crippen LogP contribution in [-0.4, -0.2) is 36.6 Å². The van der Waals surface area contributed by atoms with E-state index in [0.29, 0.717) is 6.61 Å². The lowest BCUT2D eigenvalue weighted by Crippen LogP contribution is -1.98. The van der Waals surface area contributed by atoms with Gasteiger partial charge in [0.15, 0.2) is 0 Å². The lowest BCUT2D eigenvalue weighted by molar-refractivity contribution is 0.121. The average molecular weight is 274 g/mol. The second-order valence-electron chi connectivity index (χ2n) is 5.30. The van der Waals surface area contributed by atoms with Crippen LogP contribution in [0.3, 0.4) is 0 Å². The lowest BCUT2D eigenvalue weighted by atomic mass is 10.1. The van der Waals surface area contributed by atoms with Crippen LogP contribution in [0.4, 0.5) is 0 Å². The van der Waals surface area contributed by atoms with Gasteiger partial charge in [0.25, 0.3) is 0 Å². The molecule has 2 N–H and O–H groups in total. The van der Waals surface area contributed by atoms with E-state index >= 15 is 0 Å². The van der Waals surface area contributed by atoms with Gasteiger partial charge in [-0.2, -0.15) is 0 Å². The summed E-state index contributed by atoms with van der Waals surface area (Å²) in [5, 5.41) is 17.3. The first-order valence-corrected chi connectivity index (χ1v) is 8.21. The normalized spacial score (nSPS) is 11.1. The van der Waals surface area contributed by atoms with Gasteiger partial charge in [0.2, 0.25) is 0 Å². The quantitative estimate of drug-likeness (QED) is 0.422. The van der Waals surface area contributed by atoms with Crippen LogP contribution in [0.2, 0.25) is 0 Å². The monoisotopic (exact) mass is 274 g/mol. The zero-order chi connectivity index (χ0) is 14.0. The molecular weight excluding hydrogens is 240 g/mol. The Morgan fingerprint density at radius 3 is 1.21 bits per heavy atom. The Morgan fingerprint density at radius 1 is 0.421 bits per heavy atom. The predicted molar refractivity (Wildman–Crippen MR) is 80.4 cm³/mol. The van der Waals surface area contributed by atoms with E-state index in [1.54, 1.807) is 0 Å². The average Bonchev–Trinajstić information content (AvgIpc) is 2.43. The molecule has 0 aromatic rings. The van der Waals surface area contributed by atoms with Gasteiger partial charge in [0, 0.05) is 26.4 Å². The van der Waals surface area contributed by atoms with Crippen molar-refractivity contribution in [2.24, 2.45) is 0 Å². The highest BCUT2D eigenvalue weighted by atomic mass is 16.5. The van der Waals surface area contributed by atoms with E-state index in [9.17, 15) is 0 Å². The molecule has 0 fully saturated rings. The number of hydrogen-bond acceptors (Lipinski definition) is 3. The fourth-order valence-corrected chi connectivity index (χ4v) is 2.15. The molecule has 19 heavy (non-hydrogen) atoms. The summed E-state index contributed by atoms with van der Waals surface area (Å²) in [4.78, 5) is 0. The minimum Gasteiger partial charge on any atom is -0.396 e. The van der Waals surface area contributed by atoms with Crippen molar-refractivity contribution in [1.29, 1.82) is 0 Å². The summed E-state index contributed by atoms with van der Waals surface area (Å²) in [7, 11) is 0. The standard InChI is InChI=1S/C16H34O3/c17-13-9-7-5-3-1-2-4-6-8-11-15-19-16-12-10-14-18/h17-18H,1-16H2. The largest absolute Gasteiger partial charge is 0.396 e. The summed E-state index contributed by atoms with van der Waals surface area (Å²) in [5.41, 5.74) is 0. The zero-order valence-electron chi connectivity index (χ0n) is 12.6. The molecule has 0 atom stereocenters. The minimum atomic E-state index is 0.281. The molecule has 0 heterocycles. The molecule has 0 radical (unpaired) electrons. The van der Waals surface area contributed by atoms with Crippen molar-refractivity contribution >= 4 is 0 Å². The van der Waals surface area contributed by atoms with Gasteiger partial charge in [-0.1, -0.05) is 51.4 Å². The van der Waals surface area contributed by atoms with Crippen molar-refractivity contribution < 1.29 is 14.9 Å². The Kier molecular flexibility index (Phi) is 17.8. The van der Waals surface area contributed by atoms with E-state index < -0.39 is 0 Å². The second kappa shape index (κ2) is 17.9. The summed E-state index contributed by atoms with van der Waals surface area (Å²) < 4.78 is 5.49. The summed E-state index contributed by atoms with van der Waals surface area (Å²) in [5.74, 6) is 0. The smallest absolute Gasteiger partial charge is 0.0466 e. The van der Waals surface area contributed by atoms with Gasteiger partial charge in [0.1, 0.15) is 0 Å². The van der Waals surface area contributed by atoms with Crippen molar-refractivity contribution in [2.45, 2.75) is 77.0 Å². The van der Waals surface area contributed by atoms with Crippen LogP contribution >= 0.6 is 0 Å². The van der Waals surface area contributed by atoms with Crippen LogP contribution in [0.25, 0.3) is 0 Å². The molecule has 0 aliphatic rings. The molecule has 3 nitrogen and oxygen atoms in total. The third kappa shape index (κ3) is 17.9. The van der Waals surface area contributed by atoms with Gasteiger partial charge in [0.05, 0.1) is 0 Å². The highest BCUT2D eigenvalue weighted by molar-refractivity contribution is 4.48. The first-order valence-electron chi connectivity index (χ1n) is 8.21. The van der Waals surface area contributed by atoms with Crippen molar-refractivity contribution in [1.82, 2.24) is 0 Å².